The maximum absolute atomic E-state index is 3.55. The lowest BCUT2D eigenvalue weighted by Crippen LogP contribution is -2.41. The summed E-state index contributed by atoms with van der Waals surface area (Å²) < 4.78 is 0. The average Bonchev–Trinajstić information content (AvgIpc) is 2.42. The predicted octanol–water partition coefficient (Wildman–Crippen LogP) is 2.03. The molecule has 3 N–H and O–H groups in total. The Morgan fingerprint density at radius 1 is 0.545 bits per heavy atom. The van der Waals surface area contributed by atoms with Crippen LogP contribution in [0.3, 0.4) is 0 Å². The van der Waals surface area contributed by atoms with Crippen LogP contribution in [-0.4, -0.2) is 63.8 Å². The Labute approximate surface area is 139 Å². The van der Waals surface area contributed by atoms with E-state index in [-0.39, 0.29) is 0 Å². The molecule has 4 heteroatoms. The molecule has 4 nitrogen and oxygen atoms in total. The first-order valence-corrected chi connectivity index (χ1v) is 9.26. The van der Waals surface area contributed by atoms with E-state index in [0.717, 1.165) is 76.7 Å². The van der Waals surface area contributed by atoms with Crippen LogP contribution >= 0.6 is 0 Å². The zero-order valence-electron chi connectivity index (χ0n) is 16.0. The number of hydrogen-bond acceptors (Lipinski definition) is 4. The van der Waals surface area contributed by atoms with Gasteiger partial charge in [-0.2, -0.15) is 0 Å². The summed E-state index contributed by atoms with van der Waals surface area (Å²) in [6.07, 6.45) is 0. The molecule has 0 radical (unpaired) electrons. The highest BCUT2D eigenvalue weighted by Crippen LogP contribution is 1.91. The van der Waals surface area contributed by atoms with Gasteiger partial charge in [0.05, 0.1) is 0 Å². The molecule has 0 saturated heterocycles. The highest BCUT2D eigenvalue weighted by Gasteiger charge is 2.05. The summed E-state index contributed by atoms with van der Waals surface area (Å²) in [5, 5.41) is 10.7. The van der Waals surface area contributed by atoms with Crippen molar-refractivity contribution in [3.63, 3.8) is 0 Å². The normalized spacial score (nSPS) is 12.3. The van der Waals surface area contributed by atoms with Crippen LogP contribution in [0.25, 0.3) is 0 Å². The zero-order chi connectivity index (χ0) is 16.8. The fourth-order valence-electron chi connectivity index (χ4n) is 2.22. The molecule has 22 heavy (non-hydrogen) atoms. The van der Waals surface area contributed by atoms with Gasteiger partial charge in [0.25, 0.3) is 0 Å². The molecule has 0 aliphatic carbocycles. The van der Waals surface area contributed by atoms with Crippen LogP contribution in [0.5, 0.6) is 0 Å². The molecule has 0 saturated carbocycles. The number of hydrogen-bond donors (Lipinski definition) is 3. The van der Waals surface area contributed by atoms with Crippen LogP contribution in [0.4, 0.5) is 0 Å². The Balaban J connectivity index is 3.86. The van der Waals surface area contributed by atoms with Crippen molar-refractivity contribution in [2.24, 2.45) is 17.8 Å². The summed E-state index contributed by atoms with van der Waals surface area (Å²) in [7, 11) is 0. The standard InChI is InChI=1S/C18H42N4/c1-16(2)13-19-7-10-22(11-8-20-14-17(3)4)12-9-21-15-18(5)6/h16-21H,7-15H2,1-6H3. The highest BCUT2D eigenvalue weighted by atomic mass is 15.2. The predicted molar refractivity (Wildman–Crippen MR) is 99.6 cm³/mol. The number of nitrogens with zero attached hydrogens (tertiary/aromatic N) is 1. The molecule has 0 amide bonds. The van der Waals surface area contributed by atoms with Crippen molar-refractivity contribution in [1.82, 2.24) is 20.9 Å². The first kappa shape index (κ1) is 21.8. The van der Waals surface area contributed by atoms with Gasteiger partial charge in [0.15, 0.2) is 0 Å². The quantitative estimate of drug-likeness (QED) is 0.405. The van der Waals surface area contributed by atoms with Crippen molar-refractivity contribution >= 4 is 0 Å². The van der Waals surface area contributed by atoms with Crippen molar-refractivity contribution in [1.29, 1.82) is 0 Å². The maximum atomic E-state index is 3.55. The third kappa shape index (κ3) is 16.2. The molecular weight excluding hydrogens is 272 g/mol. The minimum Gasteiger partial charge on any atom is -0.315 e. The smallest absolute Gasteiger partial charge is 0.0108 e. The van der Waals surface area contributed by atoms with Crippen molar-refractivity contribution < 1.29 is 0 Å². The second kappa shape index (κ2) is 14.4. The topological polar surface area (TPSA) is 39.3 Å². The lowest BCUT2D eigenvalue weighted by molar-refractivity contribution is 0.268. The summed E-state index contributed by atoms with van der Waals surface area (Å²) in [6, 6.07) is 0. The lowest BCUT2D eigenvalue weighted by atomic mass is 10.2. The monoisotopic (exact) mass is 314 g/mol. The Kier molecular flexibility index (Phi) is 14.3. The number of rotatable bonds is 15. The zero-order valence-corrected chi connectivity index (χ0v) is 16.0. The Bertz CT molecular complexity index is 191. The van der Waals surface area contributed by atoms with E-state index in [1.54, 1.807) is 0 Å². The first-order valence-electron chi connectivity index (χ1n) is 9.26. The molecule has 0 aromatic carbocycles. The van der Waals surface area contributed by atoms with Gasteiger partial charge in [-0.3, -0.25) is 4.90 Å². The molecule has 0 rings (SSSR count). The molecule has 0 fully saturated rings. The third-order valence-electron chi connectivity index (χ3n) is 3.47. The molecule has 0 heterocycles. The lowest BCUT2D eigenvalue weighted by Gasteiger charge is -2.24. The molecule has 0 spiro atoms. The Morgan fingerprint density at radius 2 is 0.818 bits per heavy atom. The SMILES string of the molecule is CC(C)CNCCN(CCNCC(C)C)CCNCC(C)C. The van der Waals surface area contributed by atoms with Gasteiger partial charge < -0.3 is 16.0 Å². The van der Waals surface area contributed by atoms with Gasteiger partial charge in [-0.1, -0.05) is 41.5 Å². The minimum absolute atomic E-state index is 0.730. The van der Waals surface area contributed by atoms with Gasteiger partial charge >= 0.3 is 0 Å². The molecule has 134 valence electrons. The molecule has 0 atom stereocenters. The molecule has 0 aromatic rings. The van der Waals surface area contributed by atoms with Crippen molar-refractivity contribution in [2.45, 2.75) is 41.5 Å². The average molecular weight is 315 g/mol. The second-order valence-electron chi connectivity index (χ2n) is 7.64. The minimum atomic E-state index is 0.730. The van der Waals surface area contributed by atoms with Crippen LogP contribution in [0.1, 0.15) is 41.5 Å². The van der Waals surface area contributed by atoms with Gasteiger partial charge in [-0.15, -0.1) is 0 Å². The van der Waals surface area contributed by atoms with Crippen LogP contribution in [0, 0.1) is 17.8 Å². The van der Waals surface area contributed by atoms with Crippen LogP contribution < -0.4 is 16.0 Å². The largest absolute Gasteiger partial charge is 0.315 e. The van der Waals surface area contributed by atoms with Gasteiger partial charge in [-0.25, -0.2) is 0 Å². The summed E-state index contributed by atoms with van der Waals surface area (Å²) in [5.41, 5.74) is 0. The summed E-state index contributed by atoms with van der Waals surface area (Å²) >= 11 is 0. The van der Waals surface area contributed by atoms with Crippen molar-refractivity contribution in [3.05, 3.63) is 0 Å². The van der Waals surface area contributed by atoms with Crippen LogP contribution in [0.2, 0.25) is 0 Å². The van der Waals surface area contributed by atoms with Gasteiger partial charge in [0.2, 0.25) is 0 Å². The van der Waals surface area contributed by atoms with E-state index >= 15 is 0 Å². The Hall–Kier alpha value is -0.160. The van der Waals surface area contributed by atoms with Crippen LogP contribution in [0.15, 0.2) is 0 Å². The number of nitrogens with one attached hydrogen (secondary N) is 3. The molecule has 0 aromatic heterocycles. The summed E-state index contributed by atoms with van der Waals surface area (Å²) in [5.74, 6) is 2.19. The highest BCUT2D eigenvalue weighted by molar-refractivity contribution is 4.65. The van der Waals surface area contributed by atoms with Crippen molar-refractivity contribution in [3.8, 4) is 0 Å². The van der Waals surface area contributed by atoms with E-state index in [1.165, 1.54) is 0 Å². The fraction of sp³-hybridized carbons (Fsp3) is 1.00. The van der Waals surface area contributed by atoms with E-state index in [2.05, 4.69) is 62.4 Å². The van der Waals surface area contributed by atoms with E-state index in [1.807, 2.05) is 0 Å². The maximum Gasteiger partial charge on any atom is 0.0108 e. The van der Waals surface area contributed by atoms with Crippen molar-refractivity contribution in [2.75, 3.05) is 58.9 Å². The summed E-state index contributed by atoms with van der Waals surface area (Å²) in [4.78, 5) is 2.56. The molecule has 0 bridgehead atoms. The molecule has 0 aliphatic rings. The first-order chi connectivity index (χ1) is 10.4. The summed E-state index contributed by atoms with van der Waals surface area (Å²) in [6.45, 7) is 23.6. The third-order valence-corrected chi connectivity index (χ3v) is 3.47. The van der Waals surface area contributed by atoms with E-state index in [4.69, 9.17) is 0 Å². The molecule has 0 aliphatic heterocycles. The van der Waals surface area contributed by atoms with Crippen LogP contribution in [-0.2, 0) is 0 Å². The van der Waals surface area contributed by atoms with Gasteiger partial charge in [0.1, 0.15) is 0 Å². The molecular formula is C18H42N4. The van der Waals surface area contributed by atoms with E-state index in [9.17, 15) is 0 Å². The van der Waals surface area contributed by atoms with E-state index in [0.29, 0.717) is 0 Å². The second-order valence-corrected chi connectivity index (χ2v) is 7.64. The fourth-order valence-corrected chi connectivity index (χ4v) is 2.22. The Morgan fingerprint density at radius 3 is 1.05 bits per heavy atom. The van der Waals surface area contributed by atoms with Gasteiger partial charge in [-0.05, 0) is 37.4 Å². The molecule has 0 unspecified atom stereocenters. The van der Waals surface area contributed by atoms with Gasteiger partial charge in [0, 0.05) is 39.3 Å². The van der Waals surface area contributed by atoms with E-state index < -0.39 is 0 Å².